The van der Waals surface area contributed by atoms with Crippen LogP contribution < -0.4 is 11.5 Å². The lowest BCUT2D eigenvalue weighted by molar-refractivity contribution is -0.146. The van der Waals surface area contributed by atoms with Crippen LogP contribution in [0.2, 0.25) is 0 Å². The van der Waals surface area contributed by atoms with Crippen LogP contribution in [0.4, 0.5) is 4.39 Å². The van der Waals surface area contributed by atoms with Gasteiger partial charge in [-0.3, -0.25) is 4.79 Å². The topological polar surface area (TPSA) is 78.3 Å². The summed E-state index contributed by atoms with van der Waals surface area (Å²) < 4.78 is 17.4. The molecule has 4 nitrogen and oxygen atoms in total. The molecule has 0 rings (SSSR count). The summed E-state index contributed by atoms with van der Waals surface area (Å²) in [6, 6.07) is 0. The van der Waals surface area contributed by atoms with E-state index in [1.54, 1.807) is 0 Å². The van der Waals surface area contributed by atoms with Gasteiger partial charge in [0, 0.05) is 13.0 Å². The van der Waals surface area contributed by atoms with Gasteiger partial charge in [0.2, 0.25) is 0 Å². The van der Waals surface area contributed by atoms with Gasteiger partial charge in [-0.1, -0.05) is 0 Å². The van der Waals surface area contributed by atoms with E-state index in [1.165, 1.54) is 20.1 Å². The van der Waals surface area contributed by atoms with Crippen LogP contribution in [-0.2, 0) is 9.53 Å². The minimum absolute atomic E-state index is 0.0965. The highest BCUT2D eigenvalue weighted by atomic mass is 19.1. The first-order valence-corrected chi connectivity index (χ1v) is 4.36. The maximum absolute atomic E-state index is 12.9. The Morgan fingerprint density at radius 1 is 1.64 bits per heavy atom. The van der Waals surface area contributed by atoms with Crippen molar-refractivity contribution in [1.29, 1.82) is 0 Å². The summed E-state index contributed by atoms with van der Waals surface area (Å²) in [5.74, 6) is -0.897. The molecule has 82 valence electrons. The van der Waals surface area contributed by atoms with E-state index in [9.17, 15) is 9.18 Å². The normalized spacial score (nSPS) is 16.2. The van der Waals surface area contributed by atoms with Gasteiger partial charge in [-0.05, 0) is 19.4 Å². The first-order valence-electron chi connectivity index (χ1n) is 4.36. The summed E-state index contributed by atoms with van der Waals surface area (Å²) in [4.78, 5) is 11.1. The van der Waals surface area contributed by atoms with Crippen LogP contribution in [0.15, 0.2) is 11.9 Å². The fourth-order valence-corrected chi connectivity index (χ4v) is 0.944. The number of nitrogens with two attached hydrogens (primary N) is 2. The zero-order valence-electron chi connectivity index (χ0n) is 8.55. The zero-order valence-corrected chi connectivity index (χ0v) is 8.55. The van der Waals surface area contributed by atoms with Gasteiger partial charge in [-0.25, -0.2) is 4.39 Å². The number of carbonyl (C=O) groups excluding carboxylic acids is 1. The van der Waals surface area contributed by atoms with Crippen LogP contribution in [0.1, 0.15) is 19.8 Å². The van der Waals surface area contributed by atoms with Gasteiger partial charge in [0.1, 0.15) is 5.54 Å². The van der Waals surface area contributed by atoms with Crippen molar-refractivity contribution in [2.75, 3.05) is 13.7 Å². The van der Waals surface area contributed by atoms with Crippen molar-refractivity contribution in [3.8, 4) is 0 Å². The predicted molar refractivity (Wildman–Crippen MR) is 52.1 cm³/mol. The van der Waals surface area contributed by atoms with Crippen molar-refractivity contribution in [1.82, 2.24) is 0 Å². The summed E-state index contributed by atoms with van der Waals surface area (Å²) in [5.41, 5.74) is 9.59. The fourth-order valence-electron chi connectivity index (χ4n) is 0.944. The quantitative estimate of drug-likeness (QED) is 0.638. The Hall–Kier alpha value is -0.940. The van der Waals surface area contributed by atoms with E-state index in [0.29, 0.717) is 0 Å². The first kappa shape index (κ1) is 13.1. The minimum Gasteiger partial charge on any atom is -0.468 e. The molecule has 0 aliphatic rings. The molecule has 0 aliphatic heterocycles. The maximum Gasteiger partial charge on any atom is 0.325 e. The minimum atomic E-state index is -1.14. The predicted octanol–water partition coefficient (Wildman–Crippen LogP) is 0.469. The summed E-state index contributed by atoms with van der Waals surface area (Å²) in [7, 11) is 1.25. The van der Waals surface area contributed by atoms with Crippen LogP contribution in [0, 0.1) is 0 Å². The first-order chi connectivity index (χ1) is 6.44. The summed E-state index contributed by atoms with van der Waals surface area (Å²) >= 11 is 0. The van der Waals surface area contributed by atoms with E-state index >= 15 is 0 Å². The van der Waals surface area contributed by atoms with E-state index in [0.717, 1.165) is 0 Å². The molecule has 0 amide bonds. The molecule has 4 N–H and O–H groups in total. The molecule has 0 aliphatic carbocycles. The van der Waals surface area contributed by atoms with E-state index in [1.807, 2.05) is 0 Å². The average Bonchev–Trinajstić information content (AvgIpc) is 2.14. The van der Waals surface area contributed by atoms with Crippen LogP contribution >= 0.6 is 0 Å². The molecule has 1 unspecified atom stereocenters. The highest BCUT2D eigenvalue weighted by Crippen LogP contribution is 2.15. The van der Waals surface area contributed by atoms with E-state index in [2.05, 4.69) is 4.74 Å². The second-order valence-corrected chi connectivity index (χ2v) is 3.30. The third kappa shape index (κ3) is 4.34. The summed E-state index contributed by atoms with van der Waals surface area (Å²) in [6.45, 7) is 1.65. The van der Waals surface area contributed by atoms with Gasteiger partial charge in [-0.2, -0.15) is 0 Å². The highest BCUT2D eigenvalue weighted by molar-refractivity contribution is 5.79. The van der Waals surface area contributed by atoms with E-state index in [-0.39, 0.29) is 25.2 Å². The molecule has 0 bridgehead atoms. The number of carbonyl (C=O) groups is 1. The molecule has 5 heteroatoms. The Morgan fingerprint density at radius 3 is 2.64 bits per heavy atom. The Labute approximate surface area is 83.1 Å². The SMILES string of the molecule is COC(=O)C(C)(N)CC/C(F)=C/CN. The number of halogens is 1. The lowest BCUT2D eigenvalue weighted by Gasteiger charge is -2.20. The molecular weight excluding hydrogens is 187 g/mol. The van der Waals surface area contributed by atoms with Crippen LogP contribution in [-0.4, -0.2) is 25.2 Å². The second kappa shape index (κ2) is 5.72. The third-order valence-electron chi connectivity index (χ3n) is 1.87. The van der Waals surface area contributed by atoms with Crippen molar-refractivity contribution in [2.45, 2.75) is 25.3 Å². The molecule has 0 heterocycles. The molecule has 0 saturated carbocycles. The van der Waals surface area contributed by atoms with Crippen molar-refractivity contribution >= 4 is 5.97 Å². The molecule has 0 radical (unpaired) electrons. The number of hydrogen-bond acceptors (Lipinski definition) is 4. The van der Waals surface area contributed by atoms with Crippen molar-refractivity contribution in [3.63, 3.8) is 0 Å². The molecule has 0 fully saturated rings. The summed E-state index contributed by atoms with van der Waals surface area (Å²) in [5, 5.41) is 0. The number of hydrogen-bond donors (Lipinski definition) is 2. The molecule has 0 aromatic heterocycles. The average molecular weight is 204 g/mol. The van der Waals surface area contributed by atoms with Gasteiger partial charge < -0.3 is 16.2 Å². The number of allylic oxidation sites excluding steroid dienone is 1. The molecule has 0 saturated heterocycles. The van der Waals surface area contributed by atoms with Gasteiger partial charge >= 0.3 is 5.97 Å². The maximum atomic E-state index is 12.9. The van der Waals surface area contributed by atoms with Gasteiger partial charge in [0.15, 0.2) is 0 Å². The summed E-state index contributed by atoms with van der Waals surface area (Å²) in [6.07, 6.45) is 1.55. The van der Waals surface area contributed by atoms with E-state index in [4.69, 9.17) is 11.5 Å². The highest BCUT2D eigenvalue weighted by Gasteiger charge is 2.29. The zero-order chi connectivity index (χ0) is 11.2. The fraction of sp³-hybridized carbons (Fsp3) is 0.667. The lowest BCUT2D eigenvalue weighted by Crippen LogP contribution is -2.45. The Morgan fingerprint density at radius 2 is 2.21 bits per heavy atom. The number of ether oxygens (including phenoxy) is 1. The molecule has 0 aromatic carbocycles. The lowest BCUT2D eigenvalue weighted by atomic mass is 9.97. The molecule has 1 atom stereocenters. The number of methoxy groups -OCH3 is 1. The molecule has 0 aromatic rings. The van der Waals surface area contributed by atoms with Crippen molar-refractivity contribution in [3.05, 3.63) is 11.9 Å². The number of rotatable bonds is 5. The Bertz CT molecular complexity index is 227. The molecule has 14 heavy (non-hydrogen) atoms. The molecule has 0 spiro atoms. The van der Waals surface area contributed by atoms with Gasteiger partial charge in [0.25, 0.3) is 0 Å². The van der Waals surface area contributed by atoms with Crippen LogP contribution in [0.25, 0.3) is 0 Å². The molecular formula is C9H17FN2O2. The largest absolute Gasteiger partial charge is 0.468 e. The van der Waals surface area contributed by atoms with Crippen LogP contribution in [0.5, 0.6) is 0 Å². The van der Waals surface area contributed by atoms with E-state index < -0.39 is 11.5 Å². The Kier molecular flexibility index (Phi) is 5.34. The standard InChI is InChI=1S/C9H17FN2O2/c1-9(12,8(13)14-2)5-3-7(10)4-6-11/h4H,3,5-6,11-12H2,1-2H3/b7-4-. The monoisotopic (exact) mass is 204 g/mol. The second-order valence-electron chi connectivity index (χ2n) is 3.30. The smallest absolute Gasteiger partial charge is 0.325 e. The Balaban J connectivity index is 4.11. The third-order valence-corrected chi connectivity index (χ3v) is 1.87. The van der Waals surface area contributed by atoms with Gasteiger partial charge in [0.05, 0.1) is 12.9 Å². The van der Waals surface area contributed by atoms with Crippen LogP contribution in [0.3, 0.4) is 0 Å². The van der Waals surface area contributed by atoms with Crippen molar-refractivity contribution < 1.29 is 13.9 Å². The van der Waals surface area contributed by atoms with Gasteiger partial charge in [-0.15, -0.1) is 0 Å². The number of esters is 1. The van der Waals surface area contributed by atoms with Crippen molar-refractivity contribution in [2.24, 2.45) is 11.5 Å².